The summed E-state index contributed by atoms with van der Waals surface area (Å²) < 4.78 is 10.8. The highest BCUT2D eigenvalue weighted by Gasteiger charge is 2.06. The van der Waals surface area contributed by atoms with Gasteiger partial charge >= 0.3 is 0 Å². The number of amides is 1. The van der Waals surface area contributed by atoms with Crippen molar-refractivity contribution in [3.63, 3.8) is 0 Å². The van der Waals surface area contributed by atoms with Gasteiger partial charge in [0, 0.05) is 6.07 Å². The zero-order valence-electron chi connectivity index (χ0n) is 10.3. The normalized spacial score (nSPS) is 9.83. The molecule has 0 atom stereocenters. The van der Waals surface area contributed by atoms with E-state index in [1.807, 2.05) is 6.92 Å². The molecule has 0 saturated heterocycles. The average Bonchev–Trinajstić information content (AvgIpc) is 2.36. The van der Waals surface area contributed by atoms with Gasteiger partial charge in [0.1, 0.15) is 11.5 Å². The van der Waals surface area contributed by atoms with Crippen LogP contribution in [0, 0.1) is 0 Å². The molecule has 1 amide bonds. The highest BCUT2D eigenvalue weighted by Crippen LogP contribution is 2.24. The molecule has 0 spiro atoms. The highest BCUT2D eigenvalue weighted by molar-refractivity contribution is 5.79. The second kappa shape index (κ2) is 7.32. The Labute approximate surface area is 106 Å². The Morgan fingerprint density at radius 1 is 1.33 bits per heavy atom. The van der Waals surface area contributed by atoms with E-state index < -0.39 is 5.91 Å². The van der Waals surface area contributed by atoms with Crippen LogP contribution >= 0.6 is 0 Å². The SMILES string of the molecule is CCCOc1ccc(C=O)c(OCCC(N)=O)c1. The smallest absolute Gasteiger partial charge is 0.220 e. The zero-order chi connectivity index (χ0) is 13.4. The predicted molar refractivity (Wildman–Crippen MR) is 66.9 cm³/mol. The van der Waals surface area contributed by atoms with E-state index in [-0.39, 0.29) is 13.0 Å². The maximum Gasteiger partial charge on any atom is 0.220 e. The minimum absolute atomic E-state index is 0.109. The molecule has 0 aliphatic heterocycles. The van der Waals surface area contributed by atoms with Gasteiger partial charge in [0.15, 0.2) is 6.29 Å². The molecule has 2 N–H and O–H groups in total. The Morgan fingerprint density at radius 3 is 2.72 bits per heavy atom. The molecule has 1 aromatic carbocycles. The molecular weight excluding hydrogens is 234 g/mol. The first-order valence-electron chi connectivity index (χ1n) is 5.80. The van der Waals surface area contributed by atoms with Gasteiger partial charge in [-0.25, -0.2) is 0 Å². The lowest BCUT2D eigenvalue weighted by Crippen LogP contribution is -2.15. The van der Waals surface area contributed by atoms with Crippen molar-refractivity contribution in [3.8, 4) is 11.5 Å². The Hall–Kier alpha value is -2.04. The first-order valence-corrected chi connectivity index (χ1v) is 5.80. The third-order valence-corrected chi connectivity index (χ3v) is 2.19. The van der Waals surface area contributed by atoms with Crippen LogP contribution in [0.4, 0.5) is 0 Å². The molecule has 98 valence electrons. The molecule has 0 aliphatic rings. The second-order valence-corrected chi connectivity index (χ2v) is 3.73. The van der Waals surface area contributed by atoms with Crippen molar-refractivity contribution in [2.75, 3.05) is 13.2 Å². The van der Waals surface area contributed by atoms with E-state index in [1.54, 1.807) is 18.2 Å². The molecule has 1 aromatic rings. The van der Waals surface area contributed by atoms with Crippen molar-refractivity contribution < 1.29 is 19.1 Å². The van der Waals surface area contributed by atoms with Gasteiger partial charge < -0.3 is 15.2 Å². The molecule has 5 heteroatoms. The second-order valence-electron chi connectivity index (χ2n) is 3.73. The van der Waals surface area contributed by atoms with Crippen LogP contribution in [-0.4, -0.2) is 25.4 Å². The number of aldehydes is 1. The Kier molecular flexibility index (Phi) is 5.70. The standard InChI is InChI=1S/C13H17NO4/c1-2-6-17-11-4-3-10(9-15)12(8-11)18-7-5-13(14)16/h3-4,8-9H,2,5-7H2,1H3,(H2,14,16). The molecule has 0 radical (unpaired) electrons. The molecule has 1 rings (SSSR count). The Morgan fingerprint density at radius 2 is 2.11 bits per heavy atom. The molecule has 0 saturated carbocycles. The zero-order valence-corrected chi connectivity index (χ0v) is 10.3. The summed E-state index contributed by atoms with van der Waals surface area (Å²) in [5, 5.41) is 0. The van der Waals surface area contributed by atoms with E-state index in [1.165, 1.54) is 0 Å². The lowest BCUT2D eigenvalue weighted by Gasteiger charge is -2.10. The summed E-state index contributed by atoms with van der Waals surface area (Å²) in [6.07, 6.45) is 1.70. The van der Waals surface area contributed by atoms with Crippen LogP contribution in [0.2, 0.25) is 0 Å². The first-order chi connectivity index (χ1) is 8.67. The summed E-state index contributed by atoms with van der Waals surface area (Å²) in [6.45, 7) is 2.75. The third kappa shape index (κ3) is 4.45. The van der Waals surface area contributed by atoms with Crippen LogP contribution < -0.4 is 15.2 Å². The summed E-state index contributed by atoms with van der Waals surface area (Å²) in [6, 6.07) is 4.97. The number of hydrogen-bond donors (Lipinski definition) is 1. The van der Waals surface area contributed by atoms with Gasteiger partial charge in [0.05, 0.1) is 25.2 Å². The molecule has 0 bridgehead atoms. The van der Waals surface area contributed by atoms with Crippen molar-refractivity contribution in [3.05, 3.63) is 23.8 Å². The topological polar surface area (TPSA) is 78.6 Å². The van der Waals surface area contributed by atoms with Crippen molar-refractivity contribution in [1.29, 1.82) is 0 Å². The van der Waals surface area contributed by atoms with Crippen molar-refractivity contribution in [1.82, 2.24) is 0 Å². The summed E-state index contributed by atoms with van der Waals surface area (Å²) in [7, 11) is 0. The van der Waals surface area contributed by atoms with Crippen LogP contribution in [0.1, 0.15) is 30.1 Å². The number of hydrogen-bond acceptors (Lipinski definition) is 4. The van der Waals surface area contributed by atoms with Gasteiger partial charge in [-0.1, -0.05) is 6.92 Å². The fraction of sp³-hybridized carbons (Fsp3) is 0.385. The average molecular weight is 251 g/mol. The van der Waals surface area contributed by atoms with E-state index >= 15 is 0 Å². The molecule has 0 heterocycles. The van der Waals surface area contributed by atoms with Crippen LogP contribution in [0.15, 0.2) is 18.2 Å². The van der Waals surface area contributed by atoms with Crippen LogP contribution in [0.25, 0.3) is 0 Å². The van der Waals surface area contributed by atoms with E-state index in [4.69, 9.17) is 15.2 Å². The molecule has 0 aliphatic carbocycles. The van der Waals surface area contributed by atoms with Crippen molar-refractivity contribution in [2.24, 2.45) is 5.73 Å². The summed E-state index contributed by atoms with van der Waals surface area (Å²) in [5.41, 5.74) is 5.43. The monoisotopic (exact) mass is 251 g/mol. The number of nitrogens with two attached hydrogens (primary N) is 1. The van der Waals surface area contributed by atoms with E-state index in [9.17, 15) is 9.59 Å². The first kappa shape index (κ1) is 14.0. The molecular formula is C13H17NO4. The number of rotatable bonds is 8. The van der Waals surface area contributed by atoms with Gasteiger partial charge in [-0.3, -0.25) is 9.59 Å². The summed E-state index contributed by atoms with van der Waals surface area (Å²) in [4.78, 5) is 21.4. The lowest BCUT2D eigenvalue weighted by atomic mass is 10.2. The molecule has 0 aromatic heterocycles. The maximum absolute atomic E-state index is 10.8. The third-order valence-electron chi connectivity index (χ3n) is 2.19. The minimum Gasteiger partial charge on any atom is -0.493 e. The van der Waals surface area contributed by atoms with Gasteiger partial charge in [0.25, 0.3) is 0 Å². The van der Waals surface area contributed by atoms with E-state index in [0.29, 0.717) is 30.0 Å². The summed E-state index contributed by atoms with van der Waals surface area (Å²) in [5.74, 6) is 0.595. The number of carbonyl (C=O) groups excluding carboxylic acids is 2. The number of ether oxygens (including phenoxy) is 2. The number of primary amides is 1. The van der Waals surface area contributed by atoms with Gasteiger partial charge in [-0.15, -0.1) is 0 Å². The molecule has 0 fully saturated rings. The van der Waals surface area contributed by atoms with Crippen LogP contribution in [-0.2, 0) is 4.79 Å². The van der Waals surface area contributed by atoms with Gasteiger partial charge in [-0.2, -0.15) is 0 Å². The lowest BCUT2D eigenvalue weighted by molar-refractivity contribution is -0.118. The molecule has 0 unspecified atom stereocenters. The largest absolute Gasteiger partial charge is 0.493 e. The maximum atomic E-state index is 10.8. The quantitative estimate of drug-likeness (QED) is 0.711. The van der Waals surface area contributed by atoms with Gasteiger partial charge in [0.2, 0.25) is 5.91 Å². The molecule has 5 nitrogen and oxygen atoms in total. The van der Waals surface area contributed by atoms with Crippen LogP contribution in [0.5, 0.6) is 11.5 Å². The number of benzene rings is 1. The van der Waals surface area contributed by atoms with Gasteiger partial charge in [-0.05, 0) is 18.6 Å². The van der Waals surface area contributed by atoms with Crippen molar-refractivity contribution in [2.45, 2.75) is 19.8 Å². The predicted octanol–water partition coefficient (Wildman–Crippen LogP) is 1.54. The van der Waals surface area contributed by atoms with Crippen molar-refractivity contribution >= 4 is 12.2 Å². The minimum atomic E-state index is -0.443. The van der Waals surface area contributed by atoms with Crippen LogP contribution in [0.3, 0.4) is 0 Å². The highest BCUT2D eigenvalue weighted by atomic mass is 16.5. The fourth-order valence-corrected chi connectivity index (χ4v) is 1.31. The Balaban J connectivity index is 2.71. The van der Waals surface area contributed by atoms with E-state index in [0.717, 1.165) is 6.42 Å². The number of carbonyl (C=O) groups is 2. The fourth-order valence-electron chi connectivity index (χ4n) is 1.31. The summed E-state index contributed by atoms with van der Waals surface area (Å²) >= 11 is 0. The van der Waals surface area contributed by atoms with E-state index in [2.05, 4.69) is 0 Å². The Bertz CT molecular complexity index is 417. The molecule has 18 heavy (non-hydrogen) atoms.